The molecule has 4 heteroatoms. The zero-order chi connectivity index (χ0) is 18.4. The average Bonchev–Trinajstić information content (AvgIpc) is 2.96. The lowest BCUT2D eigenvalue weighted by molar-refractivity contribution is 0.306. The summed E-state index contributed by atoms with van der Waals surface area (Å²) in [6, 6.07) is 14.2. The fraction of sp³-hybridized carbons (Fsp3) is 0.500. The van der Waals surface area contributed by atoms with Crippen LogP contribution in [0, 0.1) is 12.8 Å². The molecule has 1 fully saturated rings. The number of aromatic nitrogens is 1. The first-order chi connectivity index (χ1) is 12.5. The van der Waals surface area contributed by atoms with Crippen LogP contribution < -0.4 is 15.4 Å². The van der Waals surface area contributed by atoms with E-state index in [1.54, 1.807) is 0 Å². The van der Waals surface area contributed by atoms with Gasteiger partial charge >= 0.3 is 0 Å². The molecule has 0 bridgehead atoms. The van der Waals surface area contributed by atoms with Gasteiger partial charge in [-0.25, -0.2) is 4.98 Å². The number of ether oxygens (including phenoxy) is 1. The molecule has 0 amide bonds. The number of rotatable bonds is 8. The van der Waals surface area contributed by atoms with Gasteiger partial charge in [-0.15, -0.1) is 0 Å². The number of anilines is 1. The molecule has 4 nitrogen and oxygen atoms in total. The molecular formula is C22H31N3O. The Hall–Kier alpha value is -2.07. The Morgan fingerprint density at radius 1 is 1.23 bits per heavy atom. The molecule has 1 atom stereocenters. The van der Waals surface area contributed by atoms with Crippen LogP contribution >= 0.6 is 0 Å². The van der Waals surface area contributed by atoms with E-state index in [4.69, 9.17) is 4.74 Å². The summed E-state index contributed by atoms with van der Waals surface area (Å²) < 4.78 is 5.94. The van der Waals surface area contributed by atoms with Gasteiger partial charge in [-0.2, -0.15) is 0 Å². The minimum atomic E-state index is 0.307. The third kappa shape index (κ3) is 5.73. The van der Waals surface area contributed by atoms with Crippen molar-refractivity contribution in [1.29, 1.82) is 0 Å². The SMILES string of the molecule is Cc1cc(OCc2ccccc2)cc(NCCC[C@@H]2CNC(C)(C)C2)n1. The fourth-order valence-corrected chi connectivity index (χ4v) is 3.65. The first kappa shape index (κ1) is 18.7. The van der Waals surface area contributed by atoms with E-state index < -0.39 is 0 Å². The molecule has 1 saturated heterocycles. The maximum atomic E-state index is 5.94. The van der Waals surface area contributed by atoms with E-state index in [9.17, 15) is 0 Å². The van der Waals surface area contributed by atoms with Crippen LogP contribution in [0.15, 0.2) is 42.5 Å². The van der Waals surface area contributed by atoms with Gasteiger partial charge < -0.3 is 15.4 Å². The standard InChI is InChI=1S/C22H31N3O/c1-17-12-20(26-16-18-8-5-4-6-9-18)13-21(25-17)23-11-7-10-19-14-22(2,3)24-15-19/h4-6,8-9,12-13,19,24H,7,10-11,14-16H2,1-3H3,(H,23,25)/t19-/m0/s1. The van der Waals surface area contributed by atoms with Crippen molar-refractivity contribution in [2.75, 3.05) is 18.4 Å². The lowest BCUT2D eigenvalue weighted by atomic mass is 9.94. The van der Waals surface area contributed by atoms with Gasteiger partial charge in [-0.3, -0.25) is 0 Å². The predicted octanol–water partition coefficient (Wildman–Crippen LogP) is 4.55. The maximum Gasteiger partial charge on any atom is 0.129 e. The number of nitrogens with one attached hydrogen (secondary N) is 2. The Labute approximate surface area is 157 Å². The molecule has 0 radical (unpaired) electrons. The van der Waals surface area contributed by atoms with Crippen molar-refractivity contribution in [2.24, 2.45) is 5.92 Å². The van der Waals surface area contributed by atoms with Gasteiger partial charge in [-0.1, -0.05) is 30.3 Å². The molecule has 1 aliphatic rings. The van der Waals surface area contributed by atoms with Crippen LogP contribution in [0.4, 0.5) is 5.82 Å². The highest BCUT2D eigenvalue weighted by atomic mass is 16.5. The van der Waals surface area contributed by atoms with Crippen LogP contribution in [0.2, 0.25) is 0 Å². The summed E-state index contributed by atoms with van der Waals surface area (Å²) >= 11 is 0. The van der Waals surface area contributed by atoms with Gasteiger partial charge in [0.25, 0.3) is 0 Å². The first-order valence-corrected chi connectivity index (χ1v) is 9.64. The number of hydrogen-bond donors (Lipinski definition) is 2. The van der Waals surface area contributed by atoms with Crippen molar-refractivity contribution in [3.05, 3.63) is 53.7 Å². The van der Waals surface area contributed by atoms with E-state index in [1.807, 2.05) is 37.3 Å². The van der Waals surface area contributed by atoms with E-state index in [0.29, 0.717) is 12.1 Å². The maximum absolute atomic E-state index is 5.94. The van der Waals surface area contributed by atoms with Crippen molar-refractivity contribution in [3.8, 4) is 5.75 Å². The zero-order valence-electron chi connectivity index (χ0n) is 16.2. The van der Waals surface area contributed by atoms with Crippen LogP contribution in [0.25, 0.3) is 0 Å². The molecule has 1 aromatic heterocycles. The smallest absolute Gasteiger partial charge is 0.129 e. The van der Waals surface area contributed by atoms with Gasteiger partial charge in [-0.05, 0) is 58.1 Å². The van der Waals surface area contributed by atoms with Crippen molar-refractivity contribution in [1.82, 2.24) is 10.3 Å². The Bertz CT molecular complexity index is 700. The molecule has 2 aromatic rings. The Morgan fingerprint density at radius 2 is 2.04 bits per heavy atom. The third-order valence-electron chi connectivity index (χ3n) is 4.94. The van der Waals surface area contributed by atoms with E-state index in [-0.39, 0.29) is 0 Å². The summed E-state index contributed by atoms with van der Waals surface area (Å²) in [7, 11) is 0. The first-order valence-electron chi connectivity index (χ1n) is 9.64. The van der Waals surface area contributed by atoms with Gasteiger partial charge in [0.05, 0.1) is 0 Å². The summed E-state index contributed by atoms with van der Waals surface area (Å²) in [5.74, 6) is 2.56. The number of hydrogen-bond acceptors (Lipinski definition) is 4. The van der Waals surface area contributed by atoms with Gasteiger partial charge in [0, 0.05) is 29.9 Å². The molecular weight excluding hydrogens is 322 g/mol. The van der Waals surface area contributed by atoms with Crippen LogP contribution in [-0.2, 0) is 6.61 Å². The van der Waals surface area contributed by atoms with Gasteiger partial charge in [0.15, 0.2) is 0 Å². The van der Waals surface area contributed by atoms with E-state index >= 15 is 0 Å². The monoisotopic (exact) mass is 353 g/mol. The highest BCUT2D eigenvalue weighted by molar-refractivity contribution is 5.42. The summed E-state index contributed by atoms with van der Waals surface area (Å²) in [5.41, 5.74) is 2.45. The lowest BCUT2D eigenvalue weighted by Gasteiger charge is -2.17. The van der Waals surface area contributed by atoms with Gasteiger partial charge in [0.1, 0.15) is 18.2 Å². The van der Waals surface area contributed by atoms with Crippen LogP contribution in [0.5, 0.6) is 5.75 Å². The molecule has 2 N–H and O–H groups in total. The number of pyridine rings is 1. The van der Waals surface area contributed by atoms with Gasteiger partial charge in [0.2, 0.25) is 0 Å². The van der Waals surface area contributed by atoms with Crippen molar-refractivity contribution < 1.29 is 4.74 Å². The summed E-state index contributed by atoms with van der Waals surface area (Å²) in [4.78, 5) is 4.58. The summed E-state index contributed by atoms with van der Waals surface area (Å²) in [5, 5.41) is 7.05. The molecule has 2 heterocycles. The van der Waals surface area contributed by atoms with E-state index in [0.717, 1.165) is 42.7 Å². The van der Waals surface area contributed by atoms with Crippen LogP contribution in [-0.4, -0.2) is 23.6 Å². The van der Waals surface area contributed by atoms with Crippen molar-refractivity contribution in [2.45, 2.75) is 52.2 Å². The van der Waals surface area contributed by atoms with Crippen LogP contribution in [0.1, 0.15) is 44.4 Å². The van der Waals surface area contributed by atoms with Crippen molar-refractivity contribution >= 4 is 5.82 Å². The van der Waals surface area contributed by atoms with Crippen LogP contribution in [0.3, 0.4) is 0 Å². The predicted molar refractivity (Wildman–Crippen MR) is 108 cm³/mol. The average molecular weight is 354 g/mol. The second kappa shape index (κ2) is 8.54. The third-order valence-corrected chi connectivity index (χ3v) is 4.94. The molecule has 0 saturated carbocycles. The minimum Gasteiger partial charge on any atom is -0.489 e. The number of aryl methyl sites for hydroxylation is 1. The molecule has 0 unspecified atom stereocenters. The molecule has 0 aliphatic carbocycles. The Kier molecular flexibility index (Phi) is 6.15. The molecule has 26 heavy (non-hydrogen) atoms. The topological polar surface area (TPSA) is 46.2 Å². The number of nitrogens with zero attached hydrogens (tertiary/aromatic N) is 1. The quantitative estimate of drug-likeness (QED) is 0.684. The fourth-order valence-electron chi connectivity index (χ4n) is 3.65. The second-order valence-corrected chi connectivity index (χ2v) is 8.01. The highest BCUT2D eigenvalue weighted by Crippen LogP contribution is 2.26. The molecule has 1 aliphatic heterocycles. The summed E-state index contributed by atoms with van der Waals surface area (Å²) in [6.45, 7) is 9.26. The van der Waals surface area contributed by atoms with E-state index in [1.165, 1.54) is 18.4 Å². The minimum absolute atomic E-state index is 0.307. The Balaban J connectivity index is 1.45. The zero-order valence-corrected chi connectivity index (χ0v) is 16.2. The molecule has 1 aromatic carbocycles. The Morgan fingerprint density at radius 3 is 2.77 bits per heavy atom. The normalized spacial score (nSPS) is 18.7. The second-order valence-electron chi connectivity index (χ2n) is 8.01. The number of benzene rings is 1. The molecule has 140 valence electrons. The summed E-state index contributed by atoms with van der Waals surface area (Å²) in [6.07, 6.45) is 3.69. The largest absolute Gasteiger partial charge is 0.489 e. The lowest BCUT2D eigenvalue weighted by Crippen LogP contribution is -2.31. The van der Waals surface area contributed by atoms with Crippen molar-refractivity contribution in [3.63, 3.8) is 0 Å². The highest BCUT2D eigenvalue weighted by Gasteiger charge is 2.29. The molecule has 3 rings (SSSR count). The van der Waals surface area contributed by atoms with E-state index in [2.05, 4.69) is 41.6 Å². The molecule has 0 spiro atoms.